The lowest BCUT2D eigenvalue weighted by molar-refractivity contribution is 0.116. The molecule has 0 saturated carbocycles. The SMILES string of the molecule is CCC1CN(Cc2cccc(C)n2)C(CC)CN1. The maximum Gasteiger partial charge on any atom is 0.0547 e. The van der Waals surface area contributed by atoms with Gasteiger partial charge in [0, 0.05) is 37.4 Å². The fourth-order valence-electron chi connectivity index (χ4n) is 2.69. The van der Waals surface area contributed by atoms with Crippen LogP contribution in [0.3, 0.4) is 0 Å². The van der Waals surface area contributed by atoms with Crippen molar-refractivity contribution in [3.8, 4) is 0 Å². The van der Waals surface area contributed by atoms with Gasteiger partial charge in [-0.05, 0) is 31.9 Å². The molecule has 3 nitrogen and oxygen atoms in total. The normalized spacial score (nSPS) is 25.3. The van der Waals surface area contributed by atoms with Crippen molar-refractivity contribution >= 4 is 0 Å². The Bertz CT molecular complexity index is 378. The Balaban J connectivity index is 2.04. The quantitative estimate of drug-likeness (QED) is 0.885. The third kappa shape index (κ3) is 3.30. The summed E-state index contributed by atoms with van der Waals surface area (Å²) in [4.78, 5) is 7.21. The van der Waals surface area contributed by atoms with Crippen LogP contribution in [0.4, 0.5) is 0 Å². The third-order valence-electron chi connectivity index (χ3n) is 3.89. The number of aromatic nitrogens is 1. The minimum absolute atomic E-state index is 0.637. The highest BCUT2D eigenvalue weighted by Gasteiger charge is 2.25. The largest absolute Gasteiger partial charge is 0.311 e. The van der Waals surface area contributed by atoms with E-state index in [4.69, 9.17) is 0 Å². The summed E-state index contributed by atoms with van der Waals surface area (Å²) in [5.41, 5.74) is 2.31. The second-order valence-corrected chi connectivity index (χ2v) is 5.28. The van der Waals surface area contributed by atoms with E-state index in [1.54, 1.807) is 0 Å². The lowest BCUT2D eigenvalue weighted by Crippen LogP contribution is -2.55. The van der Waals surface area contributed by atoms with Gasteiger partial charge in [0.05, 0.1) is 5.69 Å². The predicted molar refractivity (Wildman–Crippen MR) is 75.5 cm³/mol. The predicted octanol–water partition coefficient (Wildman–Crippen LogP) is 2.35. The van der Waals surface area contributed by atoms with Gasteiger partial charge >= 0.3 is 0 Å². The van der Waals surface area contributed by atoms with Crippen molar-refractivity contribution in [3.63, 3.8) is 0 Å². The Labute approximate surface area is 111 Å². The molecule has 0 spiro atoms. The molecule has 1 N–H and O–H groups in total. The molecule has 0 bridgehead atoms. The fraction of sp³-hybridized carbons (Fsp3) is 0.667. The Morgan fingerprint density at radius 2 is 2.17 bits per heavy atom. The van der Waals surface area contributed by atoms with Crippen LogP contribution in [0.5, 0.6) is 0 Å². The molecule has 1 aromatic rings. The first-order valence-electron chi connectivity index (χ1n) is 7.12. The van der Waals surface area contributed by atoms with Crippen LogP contribution < -0.4 is 5.32 Å². The van der Waals surface area contributed by atoms with Gasteiger partial charge in [-0.15, -0.1) is 0 Å². The summed E-state index contributed by atoms with van der Waals surface area (Å²) < 4.78 is 0. The molecule has 0 radical (unpaired) electrons. The average Bonchev–Trinajstić information content (AvgIpc) is 2.38. The lowest BCUT2D eigenvalue weighted by Gasteiger charge is -2.39. The smallest absolute Gasteiger partial charge is 0.0547 e. The summed E-state index contributed by atoms with van der Waals surface area (Å²) in [6.45, 7) is 9.83. The van der Waals surface area contributed by atoms with Gasteiger partial charge in [0.1, 0.15) is 0 Å². The van der Waals surface area contributed by atoms with E-state index in [1.165, 1.54) is 18.5 Å². The summed E-state index contributed by atoms with van der Waals surface area (Å²) in [5.74, 6) is 0. The van der Waals surface area contributed by atoms with E-state index in [9.17, 15) is 0 Å². The maximum atomic E-state index is 4.62. The number of nitrogens with zero attached hydrogens (tertiary/aromatic N) is 2. The molecular weight excluding hydrogens is 222 g/mol. The second kappa shape index (κ2) is 6.30. The number of nitrogens with one attached hydrogen (secondary N) is 1. The molecule has 1 fully saturated rings. The zero-order chi connectivity index (χ0) is 13.0. The van der Waals surface area contributed by atoms with Crippen LogP contribution in [0.15, 0.2) is 18.2 Å². The molecule has 1 aliphatic rings. The second-order valence-electron chi connectivity index (χ2n) is 5.28. The molecule has 2 atom stereocenters. The molecule has 1 saturated heterocycles. The average molecular weight is 247 g/mol. The Kier molecular flexibility index (Phi) is 4.72. The third-order valence-corrected chi connectivity index (χ3v) is 3.89. The lowest BCUT2D eigenvalue weighted by atomic mass is 10.0. The first-order chi connectivity index (χ1) is 8.72. The van der Waals surface area contributed by atoms with Gasteiger partial charge in [0.2, 0.25) is 0 Å². The number of pyridine rings is 1. The van der Waals surface area contributed by atoms with Crippen LogP contribution in [0.2, 0.25) is 0 Å². The summed E-state index contributed by atoms with van der Waals surface area (Å²) in [6.07, 6.45) is 2.41. The highest BCUT2D eigenvalue weighted by atomic mass is 15.2. The van der Waals surface area contributed by atoms with E-state index in [0.717, 1.165) is 25.3 Å². The molecule has 1 aromatic heterocycles. The van der Waals surface area contributed by atoms with Gasteiger partial charge < -0.3 is 5.32 Å². The molecule has 18 heavy (non-hydrogen) atoms. The summed E-state index contributed by atoms with van der Waals surface area (Å²) in [7, 11) is 0. The zero-order valence-corrected chi connectivity index (χ0v) is 11.8. The van der Waals surface area contributed by atoms with Gasteiger partial charge in [0.25, 0.3) is 0 Å². The number of aryl methyl sites for hydroxylation is 1. The Morgan fingerprint density at radius 1 is 1.33 bits per heavy atom. The van der Waals surface area contributed by atoms with Crippen LogP contribution in [-0.2, 0) is 6.54 Å². The molecule has 2 rings (SSSR count). The first-order valence-corrected chi connectivity index (χ1v) is 7.12. The Hall–Kier alpha value is -0.930. The van der Waals surface area contributed by atoms with Crippen molar-refractivity contribution in [3.05, 3.63) is 29.6 Å². The van der Waals surface area contributed by atoms with Gasteiger partial charge in [0.15, 0.2) is 0 Å². The van der Waals surface area contributed by atoms with Gasteiger partial charge in [-0.1, -0.05) is 19.9 Å². The molecule has 3 heteroatoms. The van der Waals surface area contributed by atoms with Gasteiger partial charge in [-0.3, -0.25) is 9.88 Å². The van der Waals surface area contributed by atoms with Crippen molar-refractivity contribution in [2.24, 2.45) is 0 Å². The van der Waals surface area contributed by atoms with E-state index in [1.807, 2.05) is 0 Å². The monoisotopic (exact) mass is 247 g/mol. The summed E-state index contributed by atoms with van der Waals surface area (Å²) in [6, 6.07) is 7.60. The fourth-order valence-corrected chi connectivity index (χ4v) is 2.69. The molecule has 0 aromatic carbocycles. The van der Waals surface area contributed by atoms with Crippen LogP contribution in [0, 0.1) is 6.92 Å². The maximum absolute atomic E-state index is 4.62. The molecule has 1 aliphatic heterocycles. The number of piperazine rings is 1. The van der Waals surface area contributed by atoms with E-state index >= 15 is 0 Å². The van der Waals surface area contributed by atoms with E-state index in [-0.39, 0.29) is 0 Å². The molecular formula is C15H25N3. The first kappa shape index (κ1) is 13.5. The molecule has 2 unspecified atom stereocenters. The molecule has 0 amide bonds. The number of rotatable bonds is 4. The van der Waals surface area contributed by atoms with E-state index in [0.29, 0.717) is 12.1 Å². The van der Waals surface area contributed by atoms with Crippen LogP contribution in [-0.4, -0.2) is 35.1 Å². The molecule has 100 valence electrons. The molecule has 2 heterocycles. The topological polar surface area (TPSA) is 28.2 Å². The van der Waals surface area contributed by atoms with Crippen molar-refractivity contribution in [2.75, 3.05) is 13.1 Å². The standard InChI is InChI=1S/C15H25N3/c1-4-13-10-18(15(5-2)9-16-13)11-14-8-6-7-12(3)17-14/h6-8,13,15-16H,4-5,9-11H2,1-3H3. The zero-order valence-electron chi connectivity index (χ0n) is 11.8. The highest BCUT2D eigenvalue weighted by Crippen LogP contribution is 2.15. The Morgan fingerprint density at radius 3 is 2.83 bits per heavy atom. The van der Waals surface area contributed by atoms with Crippen molar-refractivity contribution in [1.82, 2.24) is 15.2 Å². The van der Waals surface area contributed by atoms with Crippen LogP contribution in [0.25, 0.3) is 0 Å². The van der Waals surface area contributed by atoms with Crippen LogP contribution >= 0.6 is 0 Å². The number of hydrogen-bond acceptors (Lipinski definition) is 3. The van der Waals surface area contributed by atoms with E-state index < -0.39 is 0 Å². The minimum atomic E-state index is 0.637. The van der Waals surface area contributed by atoms with E-state index in [2.05, 4.69) is 54.2 Å². The molecule has 0 aliphatic carbocycles. The van der Waals surface area contributed by atoms with Crippen molar-refractivity contribution < 1.29 is 0 Å². The minimum Gasteiger partial charge on any atom is -0.311 e. The van der Waals surface area contributed by atoms with Gasteiger partial charge in [-0.2, -0.15) is 0 Å². The van der Waals surface area contributed by atoms with Crippen molar-refractivity contribution in [2.45, 2.75) is 52.2 Å². The summed E-state index contributed by atoms with van der Waals surface area (Å²) >= 11 is 0. The van der Waals surface area contributed by atoms with Gasteiger partial charge in [-0.25, -0.2) is 0 Å². The van der Waals surface area contributed by atoms with Crippen molar-refractivity contribution in [1.29, 1.82) is 0 Å². The van der Waals surface area contributed by atoms with Crippen LogP contribution in [0.1, 0.15) is 38.1 Å². The number of hydrogen-bond donors (Lipinski definition) is 1. The summed E-state index contributed by atoms with van der Waals surface area (Å²) in [5, 5.41) is 3.63. The highest BCUT2D eigenvalue weighted by molar-refractivity contribution is 5.10.